The quantitative estimate of drug-likeness (QED) is 0.496. The van der Waals surface area contributed by atoms with Crippen molar-refractivity contribution < 1.29 is 28.9 Å². The SMILES string of the molecule is COc1ccc(CN(Cc2ccccc2OC)C(=O)COc2cc(C)ccc2C(=O)O)cc1. The first-order valence-electron chi connectivity index (χ1n) is 10.4. The number of carbonyl (C=O) groups excluding carboxylic acids is 1. The number of rotatable bonds is 10. The van der Waals surface area contributed by atoms with Crippen molar-refractivity contribution in [2.75, 3.05) is 20.8 Å². The summed E-state index contributed by atoms with van der Waals surface area (Å²) in [6.45, 7) is 2.18. The van der Waals surface area contributed by atoms with E-state index in [9.17, 15) is 14.7 Å². The van der Waals surface area contributed by atoms with E-state index < -0.39 is 5.97 Å². The highest BCUT2D eigenvalue weighted by Crippen LogP contribution is 2.23. The summed E-state index contributed by atoms with van der Waals surface area (Å²) in [5, 5.41) is 9.42. The van der Waals surface area contributed by atoms with Crippen LogP contribution in [0.15, 0.2) is 66.7 Å². The Balaban J connectivity index is 1.82. The summed E-state index contributed by atoms with van der Waals surface area (Å²) < 4.78 is 16.3. The molecule has 172 valence electrons. The maximum atomic E-state index is 13.2. The average molecular weight is 450 g/mol. The largest absolute Gasteiger partial charge is 0.497 e. The molecule has 0 aliphatic heterocycles. The van der Waals surface area contributed by atoms with Gasteiger partial charge in [-0.15, -0.1) is 0 Å². The number of ether oxygens (including phenoxy) is 3. The van der Waals surface area contributed by atoms with Gasteiger partial charge in [0, 0.05) is 18.7 Å². The van der Waals surface area contributed by atoms with Crippen LogP contribution in [0.5, 0.6) is 17.2 Å². The van der Waals surface area contributed by atoms with Crippen molar-refractivity contribution in [3.63, 3.8) is 0 Å². The van der Waals surface area contributed by atoms with Crippen LogP contribution in [0, 0.1) is 6.92 Å². The third kappa shape index (κ3) is 6.26. The zero-order chi connectivity index (χ0) is 23.8. The molecule has 3 aromatic rings. The lowest BCUT2D eigenvalue weighted by atomic mass is 10.1. The van der Waals surface area contributed by atoms with Crippen molar-refractivity contribution >= 4 is 11.9 Å². The van der Waals surface area contributed by atoms with E-state index >= 15 is 0 Å². The molecule has 0 fully saturated rings. The van der Waals surface area contributed by atoms with Crippen molar-refractivity contribution in [2.24, 2.45) is 0 Å². The van der Waals surface area contributed by atoms with Crippen LogP contribution >= 0.6 is 0 Å². The van der Waals surface area contributed by atoms with Gasteiger partial charge in [0.2, 0.25) is 0 Å². The number of carbonyl (C=O) groups is 2. The summed E-state index contributed by atoms with van der Waals surface area (Å²) in [7, 11) is 3.18. The van der Waals surface area contributed by atoms with Crippen LogP contribution in [0.3, 0.4) is 0 Å². The second-order valence-corrected chi connectivity index (χ2v) is 7.50. The topological polar surface area (TPSA) is 85.3 Å². The molecule has 1 N–H and O–H groups in total. The lowest BCUT2D eigenvalue weighted by Crippen LogP contribution is -2.34. The Morgan fingerprint density at radius 1 is 0.879 bits per heavy atom. The minimum absolute atomic E-state index is 0.0137. The normalized spacial score (nSPS) is 10.4. The Bertz CT molecular complexity index is 1110. The Morgan fingerprint density at radius 2 is 1.61 bits per heavy atom. The fraction of sp³-hybridized carbons (Fsp3) is 0.231. The molecule has 3 aromatic carbocycles. The Hall–Kier alpha value is -4.00. The zero-order valence-electron chi connectivity index (χ0n) is 18.9. The Labute approximate surface area is 193 Å². The number of carboxylic acids is 1. The summed E-state index contributed by atoms with van der Waals surface area (Å²) in [6.07, 6.45) is 0. The molecule has 7 heteroatoms. The molecule has 0 heterocycles. The van der Waals surface area contributed by atoms with Crippen molar-refractivity contribution in [2.45, 2.75) is 20.0 Å². The molecule has 33 heavy (non-hydrogen) atoms. The number of para-hydroxylation sites is 1. The maximum absolute atomic E-state index is 13.2. The molecule has 7 nitrogen and oxygen atoms in total. The fourth-order valence-corrected chi connectivity index (χ4v) is 3.38. The van der Waals surface area contributed by atoms with Crippen molar-refractivity contribution in [3.05, 3.63) is 89.0 Å². The lowest BCUT2D eigenvalue weighted by Gasteiger charge is -2.24. The van der Waals surface area contributed by atoms with Crippen LogP contribution in [-0.2, 0) is 17.9 Å². The summed E-state index contributed by atoms with van der Waals surface area (Å²) in [5.74, 6) is 0.178. The molecule has 0 radical (unpaired) electrons. The Kier molecular flexibility index (Phi) is 7.91. The number of carboxylic acid groups (broad SMARTS) is 1. The molecule has 3 rings (SSSR count). The second-order valence-electron chi connectivity index (χ2n) is 7.50. The number of aryl methyl sites for hydroxylation is 1. The zero-order valence-corrected chi connectivity index (χ0v) is 18.9. The van der Waals surface area contributed by atoms with Crippen molar-refractivity contribution in [1.29, 1.82) is 0 Å². The van der Waals surface area contributed by atoms with Crippen molar-refractivity contribution in [1.82, 2.24) is 4.90 Å². The highest BCUT2D eigenvalue weighted by molar-refractivity contribution is 5.91. The molecule has 0 atom stereocenters. The van der Waals surface area contributed by atoms with Gasteiger partial charge in [0.1, 0.15) is 22.8 Å². The van der Waals surface area contributed by atoms with Crippen molar-refractivity contribution in [3.8, 4) is 17.2 Å². The average Bonchev–Trinajstić information content (AvgIpc) is 2.82. The molecule has 0 saturated heterocycles. The van der Waals surface area contributed by atoms with Gasteiger partial charge in [-0.2, -0.15) is 0 Å². The van der Waals surface area contributed by atoms with Gasteiger partial charge in [0.05, 0.1) is 14.2 Å². The van der Waals surface area contributed by atoms with Crippen LogP contribution in [-0.4, -0.2) is 42.7 Å². The number of nitrogens with zero attached hydrogens (tertiary/aromatic N) is 1. The third-order valence-corrected chi connectivity index (χ3v) is 5.16. The van der Waals surface area contributed by atoms with Gasteiger partial charge in [-0.25, -0.2) is 4.79 Å². The summed E-state index contributed by atoms with van der Waals surface area (Å²) >= 11 is 0. The molecule has 0 unspecified atom stereocenters. The van der Waals surface area contributed by atoms with Crippen LogP contribution in [0.2, 0.25) is 0 Å². The van der Waals surface area contributed by atoms with Gasteiger partial charge < -0.3 is 24.2 Å². The third-order valence-electron chi connectivity index (χ3n) is 5.16. The molecule has 0 aliphatic carbocycles. The minimum Gasteiger partial charge on any atom is -0.497 e. The number of hydrogen-bond donors (Lipinski definition) is 1. The predicted octanol–water partition coefficient (Wildman–Crippen LogP) is 4.32. The van der Waals surface area contributed by atoms with E-state index in [0.29, 0.717) is 18.8 Å². The standard InChI is InChI=1S/C26H27NO6/c1-18-8-13-22(26(29)30)24(14-18)33-17-25(28)27(15-19-9-11-21(31-2)12-10-19)16-20-6-4-5-7-23(20)32-3/h4-14H,15-17H2,1-3H3,(H,29,30). The van der Waals surface area contributed by atoms with Gasteiger partial charge in [0.25, 0.3) is 5.91 Å². The van der Waals surface area contributed by atoms with E-state index in [2.05, 4.69) is 0 Å². The first-order chi connectivity index (χ1) is 15.9. The van der Waals surface area contributed by atoms with E-state index in [1.165, 1.54) is 6.07 Å². The highest BCUT2D eigenvalue weighted by atomic mass is 16.5. The first kappa shape index (κ1) is 23.7. The smallest absolute Gasteiger partial charge is 0.339 e. The number of hydrogen-bond acceptors (Lipinski definition) is 5. The van der Waals surface area contributed by atoms with Gasteiger partial charge in [-0.1, -0.05) is 36.4 Å². The summed E-state index contributed by atoms with van der Waals surface area (Å²) in [6, 6.07) is 19.7. The summed E-state index contributed by atoms with van der Waals surface area (Å²) in [4.78, 5) is 26.4. The molecule has 0 saturated carbocycles. The van der Waals surface area contributed by atoms with E-state index in [1.54, 1.807) is 31.3 Å². The van der Waals surface area contributed by atoms with E-state index in [1.807, 2.05) is 55.5 Å². The molecule has 1 amide bonds. The molecule has 0 aromatic heterocycles. The van der Waals surface area contributed by atoms with Crippen LogP contribution in [0.1, 0.15) is 27.0 Å². The fourth-order valence-electron chi connectivity index (χ4n) is 3.38. The lowest BCUT2D eigenvalue weighted by molar-refractivity contribution is -0.134. The number of benzene rings is 3. The number of methoxy groups -OCH3 is 2. The van der Waals surface area contributed by atoms with Gasteiger partial charge in [-0.3, -0.25) is 4.79 Å². The molecular weight excluding hydrogens is 422 g/mol. The van der Waals surface area contributed by atoms with Crippen LogP contribution in [0.4, 0.5) is 0 Å². The van der Waals surface area contributed by atoms with E-state index in [-0.39, 0.29) is 23.8 Å². The van der Waals surface area contributed by atoms with E-state index in [4.69, 9.17) is 14.2 Å². The monoisotopic (exact) mass is 449 g/mol. The van der Waals surface area contributed by atoms with Gasteiger partial charge in [-0.05, 0) is 48.4 Å². The van der Waals surface area contributed by atoms with Gasteiger partial charge in [0.15, 0.2) is 6.61 Å². The molecule has 0 spiro atoms. The van der Waals surface area contributed by atoms with E-state index in [0.717, 1.165) is 22.4 Å². The van der Waals surface area contributed by atoms with Crippen LogP contribution in [0.25, 0.3) is 0 Å². The predicted molar refractivity (Wildman–Crippen MR) is 124 cm³/mol. The maximum Gasteiger partial charge on any atom is 0.339 e. The minimum atomic E-state index is -1.11. The molecular formula is C26H27NO6. The molecule has 0 bridgehead atoms. The Morgan fingerprint density at radius 3 is 2.27 bits per heavy atom. The van der Waals surface area contributed by atoms with Gasteiger partial charge >= 0.3 is 5.97 Å². The number of amides is 1. The number of aromatic carboxylic acids is 1. The second kappa shape index (κ2) is 11.0. The summed E-state index contributed by atoms with van der Waals surface area (Å²) in [5.41, 5.74) is 2.62. The first-order valence-corrected chi connectivity index (χ1v) is 10.4. The highest BCUT2D eigenvalue weighted by Gasteiger charge is 2.19. The molecule has 0 aliphatic rings. The van der Waals surface area contributed by atoms with Crippen LogP contribution < -0.4 is 14.2 Å².